The van der Waals surface area contributed by atoms with Gasteiger partial charge in [-0.25, -0.2) is 0 Å². The highest BCUT2D eigenvalue weighted by atomic mass is 16.6. The highest BCUT2D eigenvalue weighted by molar-refractivity contribution is 5.71. The number of carbonyl (C=O) groups excluding carboxylic acids is 3. The summed E-state index contributed by atoms with van der Waals surface area (Å²) in [6.45, 7) is 6.41. The van der Waals surface area contributed by atoms with Crippen LogP contribution in [0.1, 0.15) is 278 Å². The quantitative estimate of drug-likeness (QED) is 0.0262. The second kappa shape index (κ2) is 57.2. The van der Waals surface area contributed by atoms with Crippen molar-refractivity contribution in [2.24, 2.45) is 0 Å². The van der Waals surface area contributed by atoms with Crippen LogP contribution in [0.3, 0.4) is 0 Å². The Kier molecular flexibility index (Phi) is 54.3. The molecule has 0 aliphatic rings. The van der Waals surface area contributed by atoms with Crippen molar-refractivity contribution >= 4 is 17.9 Å². The summed E-state index contributed by atoms with van der Waals surface area (Å²) in [6.07, 6.45) is 74.4. The summed E-state index contributed by atoms with van der Waals surface area (Å²) in [4.78, 5) is 38.1. The monoisotopic (exact) mass is 961 g/mol. The minimum Gasteiger partial charge on any atom is -0.462 e. The molecule has 0 bridgehead atoms. The van der Waals surface area contributed by atoms with E-state index in [0.717, 1.165) is 122 Å². The van der Waals surface area contributed by atoms with Crippen molar-refractivity contribution in [3.8, 4) is 0 Å². The first-order valence-electron chi connectivity index (χ1n) is 29.1. The van der Waals surface area contributed by atoms with Crippen molar-refractivity contribution in [2.75, 3.05) is 13.2 Å². The zero-order valence-electron chi connectivity index (χ0n) is 45.3. The van der Waals surface area contributed by atoms with E-state index in [4.69, 9.17) is 14.2 Å². The van der Waals surface area contributed by atoms with Gasteiger partial charge in [-0.2, -0.15) is 0 Å². The van der Waals surface area contributed by atoms with Crippen molar-refractivity contribution in [1.29, 1.82) is 0 Å². The van der Waals surface area contributed by atoms with Crippen molar-refractivity contribution in [2.45, 2.75) is 284 Å². The first kappa shape index (κ1) is 65.6. The van der Waals surface area contributed by atoms with Gasteiger partial charge in [0.25, 0.3) is 0 Å². The molecule has 69 heavy (non-hydrogen) atoms. The van der Waals surface area contributed by atoms with Gasteiger partial charge >= 0.3 is 17.9 Å². The van der Waals surface area contributed by atoms with Crippen LogP contribution in [0.2, 0.25) is 0 Å². The second-order valence-electron chi connectivity index (χ2n) is 19.1. The molecule has 0 aliphatic carbocycles. The molecule has 1 atom stereocenters. The molecule has 0 aromatic heterocycles. The molecule has 0 amide bonds. The Morgan fingerprint density at radius 2 is 0.565 bits per heavy atom. The maximum Gasteiger partial charge on any atom is 0.306 e. The largest absolute Gasteiger partial charge is 0.462 e. The lowest BCUT2D eigenvalue weighted by molar-refractivity contribution is -0.167. The van der Waals surface area contributed by atoms with Crippen LogP contribution in [0.4, 0.5) is 0 Å². The number of carbonyl (C=O) groups is 3. The van der Waals surface area contributed by atoms with Gasteiger partial charge in [-0.05, 0) is 89.9 Å². The third kappa shape index (κ3) is 55.4. The Balaban J connectivity index is 4.27. The molecule has 0 aromatic rings. The number of allylic oxidation sites excluding steroid dienone is 14. The predicted molar refractivity (Wildman–Crippen MR) is 297 cm³/mol. The van der Waals surface area contributed by atoms with E-state index in [0.29, 0.717) is 19.3 Å². The molecule has 6 heteroatoms. The van der Waals surface area contributed by atoms with Crippen LogP contribution >= 0.6 is 0 Å². The van der Waals surface area contributed by atoms with Gasteiger partial charge in [0.15, 0.2) is 6.10 Å². The summed E-state index contributed by atoms with van der Waals surface area (Å²) in [5.74, 6) is -0.895. The molecule has 0 radical (unpaired) electrons. The third-order valence-electron chi connectivity index (χ3n) is 12.4. The molecule has 396 valence electrons. The third-order valence-corrected chi connectivity index (χ3v) is 12.4. The molecule has 0 fully saturated rings. The number of hydrogen-bond donors (Lipinski definition) is 0. The molecule has 0 spiro atoms. The van der Waals surface area contributed by atoms with Gasteiger partial charge in [-0.3, -0.25) is 14.4 Å². The van der Waals surface area contributed by atoms with Crippen LogP contribution in [0, 0.1) is 0 Å². The van der Waals surface area contributed by atoms with E-state index in [2.05, 4.69) is 106 Å². The molecule has 0 saturated heterocycles. The van der Waals surface area contributed by atoms with Crippen LogP contribution in [0.25, 0.3) is 0 Å². The molecule has 0 N–H and O–H groups in total. The number of rotatable bonds is 52. The molecule has 0 aliphatic heterocycles. The number of unbranched alkanes of at least 4 members (excludes halogenated alkanes) is 27. The SMILES string of the molecule is CC/C=C\C/C=C\C/C=C\C/C=C\CCCCCCCCCCCCCCC(=O)OCC(COC(=O)CCCCCCCCCCCCC)OC(=O)CCCCCCC/C=C\C/C=C\C/C=C\CC. The van der Waals surface area contributed by atoms with Crippen LogP contribution in [-0.2, 0) is 28.6 Å². The van der Waals surface area contributed by atoms with Gasteiger partial charge < -0.3 is 14.2 Å². The van der Waals surface area contributed by atoms with Gasteiger partial charge in [0.1, 0.15) is 13.2 Å². The highest BCUT2D eigenvalue weighted by Gasteiger charge is 2.19. The molecule has 0 rings (SSSR count). The van der Waals surface area contributed by atoms with E-state index in [-0.39, 0.29) is 31.1 Å². The van der Waals surface area contributed by atoms with E-state index >= 15 is 0 Å². The number of esters is 3. The topological polar surface area (TPSA) is 78.9 Å². The summed E-state index contributed by atoms with van der Waals surface area (Å²) in [5, 5.41) is 0. The fourth-order valence-electron chi connectivity index (χ4n) is 8.10. The Morgan fingerprint density at radius 3 is 0.884 bits per heavy atom. The predicted octanol–water partition coefficient (Wildman–Crippen LogP) is 19.5. The van der Waals surface area contributed by atoms with Gasteiger partial charge in [0, 0.05) is 19.3 Å². The van der Waals surface area contributed by atoms with Gasteiger partial charge in [0.2, 0.25) is 0 Å². The van der Waals surface area contributed by atoms with E-state index < -0.39 is 6.10 Å². The summed E-state index contributed by atoms with van der Waals surface area (Å²) in [7, 11) is 0. The summed E-state index contributed by atoms with van der Waals surface area (Å²) in [6, 6.07) is 0. The lowest BCUT2D eigenvalue weighted by Gasteiger charge is -2.18. The normalized spacial score (nSPS) is 12.7. The van der Waals surface area contributed by atoms with Crippen molar-refractivity contribution < 1.29 is 28.6 Å². The van der Waals surface area contributed by atoms with Crippen LogP contribution in [0.15, 0.2) is 85.1 Å². The fraction of sp³-hybridized carbons (Fsp3) is 0.730. The van der Waals surface area contributed by atoms with Crippen molar-refractivity contribution in [1.82, 2.24) is 0 Å². The highest BCUT2D eigenvalue weighted by Crippen LogP contribution is 2.16. The average Bonchev–Trinajstić information content (AvgIpc) is 3.35. The zero-order chi connectivity index (χ0) is 50.0. The number of hydrogen-bond acceptors (Lipinski definition) is 6. The van der Waals surface area contributed by atoms with Crippen molar-refractivity contribution in [3.63, 3.8) is 0 Å². The molecular formula is C63H108O6. The molecule has 0 aromatic carbocycles. The Morgan fingerprint density at radius 1 is 0.304 bits per heavy atom. The van der Waals surface area contributed by atoms with Gasteiger partial charge in [-0.15, -0.1) is 0 Å². The average molecular weight is 962 g/mol. The summed E-state index contributed by atoms with van der Waals surface area (Å²) < 4.78 is 16.8. The molecular weight excluding hydrogens is 853 g/mol. The van der Waals surface area contributed by atoms with Crippen LogP contribution in [-0.4, -0.2) is 37.2 Å². The minimum atomic E-state index is -0.784. The zero-order valence-corrected chi connectivity index (χ0v) is 45.3. The van der Waals surface area contributed by atoms with E-state index in [1.165, 1.54) is 116 Å². The van der Waals surface area contributed by atoms with Crippen molar-refractivity contribution in [3.05, 3.63) is 85.1 Å². The fourth-order valence-corrected chi connectivity index (χ4v) is 8.10. The molecule has 0 heterocycles. The van der Waals surface area contributed by atoms with Gasteiger partial charge in [0.05, 0.1) is 0 Å². The maximum atomic E-state index is 12.8. The van der Waals surface area contributed by atoms with Gasteiger partial charge in [-0.1, -0.05) is 254 Å². The van der Waals surface area contributed by atoms with Crippen LogP contribution < -0.4 is 0 Å². The van der Waals surface area contributed by atoms with E-state index in [9.17, 15) is 14.4 Å². The van der Waals surface area contributed by atoms with Crippen LogP contribution in [0.5, 0.6) is 0 Å². The molecule has 1 unspecified atom stereocenters. The summed E-state index contributed by atoms with van der Waals surface area (Å²) >= 11 is 0. The standard InChI is InChI=1S/C63H108O6/c1-4-7-10-13-16-19-22-24-26-27-28-29-30-31-32-33-34-35-37-38-41-44-47-50-53-56-62(65)68-59-60(58-67-61(64)55-52-49-46-43-40-21-18-15-12-9-6-3)69-63(66)57-54-51-48-45-42-39-36-25-23-20-17-14-11-8-5-2/h7-8,10-11,16-17,19-20,24-26,28-29,36,60H,4-6,9,12-15,18,21-23,27,30-35,37-59H2,1-3H3/b10-7-,11-8-,19-16-,20-17-,26-24-,29-28-,36-25-. The lowest BCUT2D eigenvalue weighted by Crippen LogP contribution is -2.30. The summed E-state index contributed by atoms with van der Waals surface area (Å²) in [5.41, 5.74) is 0. The Labute approximate surface area is 426 Å². The minimum absolute atomic E-state index is 0.0816. The Hall–Kier alpha value is -3.41. The Bertz CT molecular complexity index is 1330. The van der Waals surface area contributed by atoms with E-state index in [1.807, 2.05) is 0 Å². The first-order chi connectivity index (χ1) is 34.0. The lowest BCUT2D eigenvalue weighted by atomic mass is 10.0. The smallest absolute Gasteiger partial charge is 0.306 e. The van der Waals surface area contributed by atoms with E-state index in [1.54, 1.807) is 0 Å². The molecule has 6 nitrogen and oxygen atoms in total. The number of ether oxygens (including phenoxy) is 3. The first-order valence-corrected chi connectivity index (χ1v) is 29.1. The molecule has 0 saturated carbocycles. The maximum absolute atomic E-state index is 12.8. The second-order valence-corrected chi connectivity index (χ2v) is 19.1.